The van der Waals surface area contributed by atoms with Gasteiger partial charge in [0.05, 0.1) is 14.2 Å². The van der Waals surface area contributed by atoms with Crippen LogP contribution in [0.5, 0.6) is 0 Å². The van der Waals surface area contributed by atoms with Gasteiger partial charge in [0.1, 0.15) is 6.33 Å². The van der Waals surface area contributed by atoms with Gasteiger partial charge in [-0.05, 0) is 6.92 Å². The van der Waals surface area contributed by atoms with Crippen molar-refractivity contribution in [3.05, 3.63) is 23.3 Å². The van der Waals surface area contributed by atoms with Crippen LogP contribution in [0.4, 0.5) is 0 Å². The van der Waals surface area contributed by atoms with Gasteiger partial charge in [0.15, 0.2) is 11.4 Å². The Morgan fingerprint density at radius 3 is 1.80 bits per heavy atom. The van der Waals surface area contributed by atoms with Crippen LogP contribution in [0.2, 0.25) is 0 Å². The molecule has 1 rings (SSSR count). The van der Waals surface area contributed by atoms with E-state index in [0.29, 0.717) is 5.56 Å². The van der Waals surface area contributed by atoms with Gasteiger partial charge in [0.2, 0.25) is 0 Å². The quantitative estimate of drug-likeness (QED) is 0.656. The number of hydrogen-bond donors (Lipinski definition) is 0. The second-order valence-corrected chi connectivity index (χ2v) is 2.68. The molecule has 0 atom stereocenters. The van der Waals surface area contributed by atoms with E-state index in [2.05, 4.69) is 19.4 Å². The molecule has 0 aromatic carbocycles. The fourth-order valence-electron chi connectivity index (χ4n) is 1.06. The summed E-state index contributed by atoms with van der Waals surface area (Å²) in [6.45, 7) is 1.55. The number of methoxy groups -OCH3 is 2. The number of carbonyl (C=O) groups is 2. The van der Waals surface area contributed by atoms with Crippen molar-refractivity contribution >= 4 is 11.9 Å². The molecule has 6 heteroatoms. The van der Waals surface area contributed by atoms with Crippen LogP contribution in [-0.2, 0) is 9.47 Å². The Bertz CT molecular complexity index is 369. The van der Waals surface area contributed by atoms with Crippen LogP contribution < -0.4 is 0 Å². The lowest BCUT2D eigenvalue weighted by atomic mass is 10.2. The summed E-state index contributed by atoms with van der Waals surface area (Å²) in [7, 11) is 2.48. The average Bonchev–Trinajstić information content (AvgIpc) is 2.27. The van der Waals surface area contributed by atoms with E-state index in [1.54, 1.807) is 6.92 Å². The van der Waals surface area contributed by atoms with Crippen molar-refractivity contribution < 1.29 is 19.1 Å². The first kappa shape index (κ1) is 11.1. The molecule has 0 N–H and O–H groups in total. The third-order valence-electron chi connectivity index (χ3n) is 1.84. The molecule has 0 saturated carbocycles. The monoisotopic (exact) mass is 210 g/mol. The molecule has 0 aliphatic carbocycles. The SMILES string of the molecule is COC(=O)c1ncnc(C(=O)OC)c1C. The van der Waals surface area contributed by atoms with Crippen LogP contribution >= 0.6 is 0 Å². The highest BCUT2D eigenvalue weighted by molar-refractivity contribution is 5.94. The minimum absolute atomic E-state index is 0.0629. The number of ether oxygens (including phenoxy) is 2. The molecule has 0 spiro atoms. The molecular formula is C9H10N2O4. The fraction of sp³-hybridized carbons (Fsp3) is 0.333. The van der Waals surface area contributed by atoms with Gasteiger partial charge in [-0.25, -0.2) is 19.6 Å². The van der Waals surface area contributed by atoms with Gasteiger partial charge < -0.3 is 9.47 Å². The lowest BCUT2D eigenvalue weighted by Crippen LogP contribution is -2.14. The summed E-state index contributed by atoms with van der Waals surface area (Å²) in [5, 5.41) is 0. The third kappa shape index (κ3) is 2.09. The number of esters is 2. The lowest BCUT2D eigenvalue weighted by Gasteiger charge is -2.05. The minimum atomic E-state index is -0.611. The molecule has 1 aromatic rings. The summed E-state index contributed by atoms with van der Waals surface area (Å²) >= 11 is 0. The molecule has 0 bridgehead atoms. The molecule has 0 radical (unpaired) electrons. The number of hydrogen-bond acceptors (Lipinski definition) is 6. The molecule has 6 nitrogen and oxygen atoms in total. The highest BCUT2D eigenvalue weighted by Gasteiger charge is 2.19. The normalized spacial score (nSPS) is 9.53. The van der Waals surface area contributed by atoms with Crippen molar-refractivity contribution in [3.8, 4) is 0 Å². The minimum Gasteiger partial charge on any atom is -0.464 e. The molecule has 0 aliphatic rings. The van der Waals surface area contributed by atoms with Crippen molar-refractivity contribution in [1.29, 1.82) is 0 Å². The first-order valence-electron chi connectivity index (χ1n) is 4.10. The highest BCUT2D eigenvalue weighted by atomic mass is 16.5. The van der Waals surface area contributed by atoms with E-state index < -0.39 is 11.9 Å². The van der Waals surface area contributed by atoms with Crippen molar-refractivity contribution in [2.45, 2.75) is 6.92 Å². The molecule has 15 heavy (non-hydrogen) atoms. The highest BCUT2D eigenvalue weighted by Crippen LogP contribution is 2.10. The summed E-state index contributed by atoms with van der Waals surface area (Å²) < 4.78 is 9.01. The van der Waals surface area contributed by atoms with Crippen LogP contribution in [-0.4, -0.2) is 36.1 Å². The average molecular weight is 210 g/mol. The van der Waals surface area contributed by atoms with Gasteiger partial charge in [0.25, 0.3) is 0 Å². The van der Waals surface area contributed by atoms with Gasteiger partial charge >= 0.3 is 11.9 Å². The predicted molar refractivity (Wildman–Crippen MR) is 49.4 cm³/mol. The zero-order valence-electron chi connectivity index (χ0n) is 8.60. The van der Waals surface area contributed by atoms with E-state index in [1.807, 2.05) is 0 Å². The molecule has 0 fully saturated rings. The standard InChI is InChI=1S/C9H10N2O4/c1-5-6(8(12)14-2)10-4-11-7(5)9(13)15-3/h4H,1-3H3. The van der Waals surface area contributed by atoms with Crippen LogP contribution in [0.3, 0.4) is 0 Å². The molecule has 0 aliphatic heterocycles. The fourth-order valence-corrected chi connectivity index (χ4v) is 1.06. The van der Waals surface area contributed by atoms with Gasteiger partial charge in [-0.15, -0.1) is 0 Å². The van der Waals surface area contributed by atoms with Gasteiger partial charge in [-0.3, -0.25) is 0 Å². The Hall–Kier alpha value is -1.98. The zero-order valence-corrected chi connectivity index (χ0v) is 8.60. The number of rotatable bonds is 2. The van der Waals surface area contributed by atoms with E-state index in [9.17, 15) is 9.59 Å². The van der Waals surface area contributed by atoms with Crippen LogP contribution in [0, 0.1) is 6.92 Å². The van der Waals surface area contributed by atoms with Crippen molar-refractivity contribution in [1.82, 2.24) is 9.97 Å². The first-order chi connectivity index (χ1) is 7.11. The Morgan fingerprint density at radius 2 is 1.47 bits per heavy atom. The number of nitrogens with zero attached hydrogens (tertiary/aromatic N) is 2. The van der Waals surface area contributed by atoms with E-state index in [0.717, 1.165) is 6.33 Å². The maximum Gasteiger partial charge on any atom is 0.357 e. The second-order valence-electron chi connectivity index (χ2n) is 2.68. The van der Waals surface area contributed by atoms with Crippen LogP contribution in [0.15, 0.2) is 6.33 Å². The Labute approximate surface area is 86.2 Å². The van der Waals surface area contributed by atoms with Gasteiger partial charge in [-0.1, -0.05) is 0 Å². The summed E-state index contributed by atoms with van der Waals surface area (Å²) in [6.07, 6.45) is 1.12. The lowest BCUT2D eigenvalue weighted by molar-refractivity contribution is 0.0588. The summed E-state index contributed by atoms with van der Waals surface area (Å²) in [6, 6.07) is 0. The van der Waals surface area contributed by atoms with E-state index in [4.69, 9.17) is 0 Å². The Balaban J connectivity index is 3.23. The van der Waals surface area contributed by atoms with Gasteiger partial charge in [0, 0.05) is 5.56 Å². The van der Waals surface area contributed by atoms with E-state index in [1.165, 1.54) is 14.2 Å². The molecule has 1 aromatic heterocycles. The topological polar surface area (TPSA) is 78.4 Å². The molecule has 0 amide bonds. The second kappa shape index (κ2) is 4.50. The van der Waals surface area contributed by atoms with E-state index >= 15 is 0 Å². The maximum atomic E-state index is 11.2. The van der Waals surface area contributed by atoms with Gasteiger partial charge in [-0.2, -0.15) is 0 Å². The van der Waals surface area contributed by atoms with Crippen molar-refractivity contribution in [2.24, 2.45) is 0 Å². The largest absolute Gasteiger partial charge is 0.464 e. The summed E-state index contributed by atoms with van der Waals surface area (Å²) in [4.78, 5) is 29.9. The first-order valence-corrected chi connectivity index (χ1v) is 4.10. The molecule has 0 unspecified atom stereocenters. The maximum absolute atomic E-state index is 11.2. The van der Waals surface area contributed by atoms with Crippen LogP contribution in [0.25, 0.3) is 0 Å². The number of aromatic nitrogens is 2. The summed E-state index contributed by atoms with van der Waals surface area (Å²) in [5.74, 6) is -1.22. The number of carbonyl (C=O) groups excluding carboxylic acids is 2. The molecular weight excluding hydrogens is 200 g/mol. The molecule has 1 heterocycles. The summed E-state index contributed by atoms with van der Waals surface area (Å²) in [5.41, 5.74) is 0.469. The predicted octanol–water partition coefficient (Wildman–Crippen LogP) is 0.358. The Kier molecular flexibility index (Phi) is 3.33. The van der Waals surface area contributed by atoms with Crippen molar-refractivity contribution in [3.63, 3.8) is 0 Å². The molecule has 80 valence electrons. The smallest absolute Gasteiger partial charge is 0.357 e. The van der Waals surface area contributed by atoms with Crippen molar-refractivity contribution in [2.75, 3.05) is 14.2 Å². The zero-order chi connectivity index (χ0) is 11.4. The Morgan fingerprint density at radius 1 is 1.07 bits per heavy atom. The third-order valence-corrected chi connectivity index (χ3v) is 1.84. The van der Waals surface area contributed by atoms with Crippen LogP contribution in [0.1, 0.15) is 26.5 Å². The molecule has 0 saturated heterocycles. The van der Waals surface area contributed by atoms with E-state index in [-0.39, 0.29) is 11.4 Å².